The lowest BCUT2D eigenvalue weighted by Crippen LogP contribution is -2.47. The summed E-state index contributed by atoms with van der Waals surface area (Å²) in [4.78, 5) is 0. The highest BCUT2D eigenvalue weighted by Gasteiger charge is 2.37. The van der Waals surface area contributed by atoms with E-state index in [0.29, 0.717) is 13.2 Å². The van der Waals surface area contributed by atoms with Crippen LogP contribution in [0.1, 0.15) is 51.9 Å². The van der Waals surface area contributed by atoms with Gasteiger partial charge in [0.25, 0.3) is 0 Å². The zero-order valence-corrected chi connectivity index (χ0v) is 13.9. The number of hydrogen-bond acceptors (Lipinski definition) is 4. The predicted molar refractivity (Wildman–Crippen MR) is 84.7 cm³/mol. The Labute approximate surface area is 129 Å². The highest BCUT2D eigenvalue weighted by molar-refractivity contribution is 4.92. The standard InChI is InChI=1S/C17H33NO3/c1-15-5-3-8-17(13-15,14-18-16-6-7-16)21-12-11-20-10-4-9-19-2/h15-16,18H,3-14H2,1-2H3. The molecule has 2 aliphatic carbocycles. The third kappa shape index (κ3) is 6.64. The number of ether oxygens (including phenoxy) is 3. The first-order chi connectivity index (χ1) is 10.2. The summed E-state index contributed by atoms with van der Waals surface area (Å²) in [6.45, 7) is 6.32. The molecule has 2 aliphatic rings. The Morgan fingerprint density at radius 1 is 1.10 bits per heavy atom. The van der Waals surface area contributed by atoms with Crippen molar-refractivity contribution in [2.45, 2.75) is 63.5 Å². The highest BCUT2D eigenvalue weighted by atomic mass is 16.5. The maximum atomic E-state index is 6.31. The first-order valence-electron chi connectivity index (χ1n) is 8.68. The van der Waals surface area contributed by atoms with Crippen LogP contribution in [0.5, 0.6) is 0 Å². The van der Waals surface area contributed by atoms with E-state index >= 15 is 0 Å². The molecule has 21 heavy (non-hydrogen) atoms. The minimum absolute atomic E-state index is 0.0517. The Balaban J connectivity index is 1.65. The molecule has 1 N–H and O–H groups in total. The minimum atomic E-state index is 0.0517. The van der Waals surface area contributed by atoms with Crippen molar-refractivity contribution in [2.75, 3.05) is 40.1 Å². The maximum Gasteiger partial charge on any atom is 0.0810 e. The maximum absolute atomic E-state index is 6.31. The van der Waals surface area contributed by atoms with E-state index in [4.69, 9.17) is 14.2 Å². The Hall–Kier alpha value is -0.160. The van der Waals surface area contributed by atoms with Crippen LogP contribution in [0.15, 0.2) is 0 Å². The number of hydrogen-bond donors (Lipinski definition) is 1. The normalized spacial score (nSPS) is 29.7. The molecule has 0 aromatic carbocycles. The van der Waals surface area contributed by atoms with Crippen LogP contribution in [0, 0.1) is 5.92 Å². The summed E-state index contributed by atoms with van der Waals surface area (Å²) in [6.07, 6.45) is 8.67. The summed E-state index contributed by atoms with van der Waals surface area (Å²) in [5, 5.41) is 3.67. The van der Waals surface area contributed by atoms with E-state index in [0.717, 1.165) is 38.1 Å². The number of methoxy groups -OCH3 is 1. The summed E-state index contributed by atoms with van der Waals surface area (Å²) in [6, 6.07) is 0.757. The minimum Gasteiger partial charge on any atom is -0.385 e. The molecule has 4 heteroatoms. The van der Waals surface area contributed by atoms with Crippen LogP contribution in [0.2, 0.25) is 0 Å². The summed E-state index contributed by atoms with van der Waals surface area (Å²) >= 11 is 0. The van der Waals surface area contributed by atoms with Gasteiger partial charge in [-0.15, -0.1) is 0 Å². The Morgan fingerprint density at radius 2 is 1.95 bits per heavy atom. The molecule has 0 spiro atoms. The van der Waals surface area contributed by atoms with Gasteiger partial charge in [-0.3, -0.25) is 0 Å². The lowest BCUT2D eigenvalue weighted by Gasteiger charge is -2.40. The van der Waals surface area contributed by atoms with E-state index in [1.165, 1.54) is 38.5 Å². The fourth-order valence-corrected chi connectivity index (χ4v) is 3.30. The van der Waals surface area contributed by atoms with Crippen molar-refractivity contribution in [1.29, 1.82) is 0 Å². The molecule has 0 aliphatic heterocycles. The molecule has 2 fully saturated rings. The molecule has 0 bridgehead atoms. The van der Waals surface area contributed by atoms with Crippen molar-refractivity contribution in [3.63, 3.8) is 0 Å². The summed E-state index contributed by atoms with van der Waals surface area (Å²) < 4.78 is 16.9. The molecule has 0 heterocycles. The van der Waals surface area contributed by atoms with E-state index in [1.807, 2.05) is 0 Å². The van der Waals surface area contributed by atoms with E-state index < -0.39 is 0 Å². The molecule has 124 valence electrons. The van der Waals surface area contributed by atoms with Crippen molar-refractivity contribution < 1.29 is 14.2 Å². The van der Waals surface area contributed by atoms with Gasteiger partial charge in [-0.25, -0.2) is 0 Å². The summed E-state index contributed by atoms with van der Waals surface area (Å²) in [5.74, 6) is 0.780. The highest BCUT2D eigenvalue weighted by Crippen LogP contribution is 2.35. The number of nitrogens with one attached hydrogen (secondary N) is 1. The van der Waals surface area contributed by atoms with Gasteiger partial charge in [-0.2, -0.15) is 0 Å². The van der Waals surface area contributed by atoms with Gasteiger partial charge in [0.05, 0.1) is 18.8 Å². The zero-order chi connectivity index (χ0) is 15.0. The Bertz CT molecular complexity index is 283. The van der Waals surface area contributed by atoms with Crippen LogP contribution in [0.4, 0.5) is 0 Å². The first kappa shape index (κ1) is 17.2. The average molecular weight is 299 g/mol. The van der Waals surface area contributed by atoms with E-state index in [1.54, 1.807) is 7.11 Å². The van der Waals surface area contributed by atoms with Crippen LogP contribution < -0.4 is 5.32 Å². The topological polar surface area (TPSA) is 39.7 Å². The monoisotopic (exact) mass is 299 g/mol. The average Bonchev–Trinajstić information content (AvgIpc) is 3.29. The molecule has 4 nitrogen and oxygen atoms in total. The summed E-state index contributed by atoms with van der Waals surface area (Å²) in [5.41, 5.74) is 0.0517. The smallest absolute Gasteiger partial charge is 0.0810 e. The van der Waals surface area contributed by atoms with Crippen molar-refractivity contribution in [3.8, 4) is 0 Å². The van der Waals surface area contributed by atoms with Gasteiger partial charge in [0.2, 0.25) is 0 Å². The van der Waals surface area contributed by atoms with Crippen LogP contribution in [-0.4, -0.2) is 51.7 Å². The molecule has 0 radical (unpaired) electrons. The second-order valence-electron chi connectivity index (χ2n) is 6.85. The first-order valence-corrected chi connectivity index (χ1v) is 8.68. The molecule has 2 rings (SSSR count). The van der Waals surface area contributed by atoms with Gasteiger partial charge in [0.1, 0.15) is 0 Å². The van der Waals surface area contributed by atoms with Crippen LogP contribution in [0.3, 0.4) is 0 Å². The van der Waals surface area contributed by atoms with Crippen LogP contribution in [-0.2, 0) is 14.2 Å². The second-order valence-corrected chi connectivity index (χ2v) is 6.85. The molecule has 0 aromatic heterocycles. The quantitative estimate of drug-likeness (QED) is 0.596. The lowest BCUT2D eigenvalue weighted by molar-refractivity contribution is -0.0958. The molecular formula is C17H33NO3. The number of rotatable bonds is 11. The third-order valence-corrected chi connectivity index (χ3v) is 4.61. The Kier molecular flexibility index (Phi) is 7.44. The predicted octanol–water partition coefficient (Wildman–Crippen LogP) is 2.76. The SMILES string of the molecule is COCCCOCCOC1(CNC2CC2)CCCC(C)C1. The van der Waals surface area contributed by atoms with Crippen molar-refractivity contribution >= 4 is 0 Å². The molecular weight excluding hydrogens is 266 g/mol. The van der Waals surface area contributed by atoms with Crippen molar-refractivity contribution in [3.05, 3.63) is 0 Å². The van der Waals surface area contributed by atoms with Gasteiger partial charge in [0, 0.05) is 32.9 Å². The van der Waals surface area contributed by atoms with Crippen molar-refractivity contribution in [1.82, 2.24) is 5.32 Å². The largest absolute Gasteiger partial charge is 0.385 e. The Morgan fingerprint density at radius 3 is 2.67 bits per heavy atom. The fourth-order valence-electron chi connectivity index (χ4n) is 3.30. The van der Waals surface area contributed by atoms with Gasteiger partial charge in [-0.1, -0.05) is 19.8 Å². The molecule has 2 saturated carbocycles. The zero-order valence-electron chi connectivity index (χ0n) is 13.9. The van der Waals surface area contributed by atoms with Gasteiger partial charge in [0.15, 0.2) is 0 Å². The molecule has 0 saturated heterocycles. The van der Waals surface area contributed by atoms with E-state index in [2.05, 4.69) is 12.2 Å². The second kappa shape index (κ2) is 9.09. The molecule has 0 amide bonds. The van der Waals surface area contributed by atoms with Gasteiger partial charge < -0.3 is 19.5 Å². The van der Waals surface area contributed by atoms with Crippen molar-refractivity contribution in [2.24, 2.45) is 5.92 Å². The van der Waals surface area contributed by atoms with Crippen LogP contribution >= 0.6 is 0 Å². The fraction of sp³-hybridized carbons (Fsp3) is 1.00. The summed E-state index contributed by atoms with van der Waals surface area (Å²) in [7, 11) is 1.73. The molecule has 2 unspecified atom stereocenters. The van der Waals surface area contributed by atoms with E-state index in [9.17, 15) is 0 Å². The molecule has 2 atom stereocenters. The van der Waals surface area contributed by atoms with Crippen LogP contribution in [0.25, 0.3) is 0 Å². The van der Waals surface area contributed by atoms with E-state index in [-0.39, 0.29) is 5.60 Å². The lowest BCUT2D eigenvalue weighted by atomic mass is 9.78. The van der Waals surface area contributed by atoms with Gasteiger partial charge in [-0.05, 0) is 38.0 Å². The molecule has 0 aromatic rings. The third-order valence-electron chi connectivity index (χ3n) is 4.61. The van der Waals surface area contributed by atoms with Gasteiger partial charge >= 0.3 is 0 Å².